The fourth-order valence-corrected chi connectivity index (χ4v) is 3.11. The molecule has 0 saturated heterocycles. The zero-order valence-corrected chi connectivity index (χ0v) is 8.80. The molecule has 0 N–H and O–H groups in total. The molecule has 0 amide bonds. The fraction of sp³-hybridized carbons (Fsp3) is 1.00. The summed E-state index contributed by atoms with van der Waals surface area (Å²) >= 11 is 6.38. The van der Waals surface area contributed by atoms with E-state index in [9.17, 15) is 0 Å². The zero-order valence-electron chi connectivity index (χ0n) is 7.09. The van der Waals surface area contributed by atoms with Gasteiger partial charge in [0.05, 0.1) is 0 Å². The molecule has 0 bridgehead atoms. The van der Waals surface area contributed by atoms with Crippen molar-refractivity contribution < 1.29 is 0 Å². The van der Waals surface area contributed by atoms with Gasteiger partial charge in [-0.15, -0.1) is 0 Å². The van der Waals surface area contributed by atoms with Crippen LogP contribution in [0.5, 0.6) is 0 Å². The summed E-state index contributed by atoms with van der Waals surface area (Å²) in [6.07, 6.45) is 8.57. The minimum absolute atomic E-state index is 1.01. The molecule has 0 atom stereocenters. The van der Waals surface area contributed by atoms with Gasteiger partial charge >= 0.3 is 0 Å². The average molecular weight is 190 g/mol. The van der Waals surface area contributed by atoms with Crippen LogP contribution < -0.4 is 0 Å². The number of rotatable bonds is 5. The maximum absolute atomic E-state index is 4.19. The lowest BCUT2D eigenvalue weighted by Gasteiger charge is -2.06. The Kier molecular flexibility index (Phi) is 5.55. The van der Waals surface area contributed by atoms with Gasteiger partial charge in [-0.05, 0) is 37.2 Å². The van der Waals surface area contributed by atoms with Gasteiger partial charge in [0, 0.05) is 5.25 Å². The standard InChI is InChI=1S/C9H18S2/c10-7-3-4-8-11-9-5-1-2-6-9/h9-10H,1-8H2. The molecule has 0 heterocycles. The first kappa shape index (κ1) is 9.79. The molecule has 0 radical (unpaired) electrons. The summed E-state index contributed by atoms with van der Waals surface area (Å²) in [5.74, 6) is 2.43. The van der Waals surface area contributed by atoms with E-state index in [4.69, 9.17) is 0 Å². The highest BCUT2D eigenvalue weighted by Crippen LogP contribution is 2.29. The van der Waals surface area contributed by atoms with Crippen molar-refractivity contribution in [1.29, 1.82) is 0 Å². The first-order valence-corrected chi connectivity index (χ1v) is 6.34. The minimum atomic E-state index is 1.01. The van der Waals surface area contributed by atoms with Gasteiger partial charge in [-0.25, -0.2) is 0 Å². The Bertz CT molecular complexity index is 87.6. The third-order valence-electron chi connectivity index (χ3n) is 2.21. The molecule has 1 rings (SSSR count). The Morgan fingerprint density at radius 1 is 1.18 bits per heavy atom. The molecule has 1 fully saturated rings. The van der Waals surface area contributed by atoms with E-state index in [2.05, 4.69) is 24.4 Å². The van der Waals surface area contributed by atoms with E-state index >= 15 is 0 Å². The summed E-state index contributed by atoms with van der Waals surface area (Å²) in [6.45, 7) is 0. The zero-order chi connectivity index (χ0) is 7.94. The first-order chi connectivity index (χ1) is 5.43. The van der Waals surface area contributed by atoms with Crippen molar-refractivity contribution in [1.82, 2.24) is 0 Å². The van der Waals surface area contributed by atoms with Crippen molar-refractivity contribution in [3.63, 3.8) is 0 Å². The van der Waals surface area contributed by atoms with Crippen LogP contribution in [0, 0.1) is 0 Å². The summed E-state index contributed by atoms with van der Waals surface area (Å²) in [7, 11) is 0. The van der Waals surface area contributed by atoms with Gasteiger partial charge in [0.25, 0.3) is 0 Å². The lowest BCUT2D eigenvalue weighted by molar-refractivity contribution is 0.879. The molecule has 2 heteroatoms. The van der Waals surface area contributed by atoms with Crippen LogP contribution in [0.15, 0.2) is 0 Å². The summed E-state index contributed by atoms with van der Waals surface area (Å²) in [6, 6.07) is 0. The molecule has 66 valence electrons. The summed E-state index contributed by atoms with van der Waals surface area (Å²) in [5, 5.41) is 1.01. The smallest absolute Gasteiger partial charge is 0.00470 e. The number of hydrogen-bond acceptors (Lipinski definition) is 2. The van der Waals surface area contributed by atoms with E-state index in [-0.39, 0.29) is 0 Å². The van der Waals surface area contributed by atoms with Crippen molar-refractivity contribution in [2.75, 3.05) is 11.5 Å². The molecular weight excluding hydrogens is 172 g/mol. The molecule has 0 nitrogen and oxygen atoms in total. The molecule has 0 aliphatic heterocycles. The van der Waals surface area contributed by atoms with Gasteiger partial charge in [-0.1, -0.05) is 12.8 Å². The lowest BCUT2D eigenvalue weighted by atomic mass is 10.4. The topological polar surface area (TPSA) is 0 Å². The number of unbranched alkanes of at least 4 members (excludes halogenated alkanes) is 1. The van der Waals surface area contributed by atoms with Gasteiger partial charge in [0.15, 0.2) is 0 Å². The van der Waals surface area contributed by atoms with Crippen molar-refractivity contribution in [2.24, 2.45) is 0 Å². The predicted octanol–water partition coefficient (Wildman–Crippen LogP) is 3.37. The van der Waals surface area contributed by atoms with E-state index < -0.39 is 0 Å². The fourth-order valence-electron chi connectivity index (χ4n) is 1.52. The van der Waals surface area contributed by atoms with Crippen molar-refractivity contribution in [3.05, 3.63) is 0 Å². The van der Waals surface area contributed by atoms with Crippen LogP contribution in [-0.2, 0) is 0 Å². The van der Waals surface area contributed by atoms with Crippen LogP contribution in [0.1, 0.15) is 38.5 Å². The second-order valence-corrected chi connectivity index (χ2v) is 5.06. The van der Waals surface area contributed by atoms with E-state index in [1.54, 1.807) is 0 Å². The van der Waals surface area contributed by atoms with Crippen LogP contribution in [0.3, 0.4) is 0 Å². The Labute approximate surface area is 79.9 Å². The molecule has 1 aliphatic carbocycles. The van der Waals surface area contributed by atoms with Crippen LogP contribution in [0.25, 0.3) is 0 Å². The Morgan fingerprint density at radius 3 is 2.55 bits per heavy atom. The van der Waals surface area contributed by atoms with E-state index in [0.29, 0.717) is 0 Å². The largest absolute Gasteiger partial charge is 0.179 e. The molecule has 0 unspecified atom stereocenters. The monoisotopic (exact) mass is 190 g/mol. The highest BCUT2D eigenvalue weighted by atomic mass is 32.2. The highest BCUT2D eigenvalue weighted by Gasteiger charge is 2.14. The van der Waals surface area contributed by atoms with Crippen LogP contribution in [0.2, 0.25) is 0 Å². The SMILES string of the molecule is SCCCCSC1CCCC1. The summed E-state index contributed by atoms with van der Waals surface area (Å²) < 4.78 is 0. The van der Waals surface area contributed by atoms with Crippen LogP contribution >= 0.6 is 24.4 Å². The quantitative estimate of drug-likeness (QED) is 0.512. The molecule has 0 aromatic heterocycles. The van der Waals surface area contributed by atoms with Crippen LogP contribution in [0.4, 0.5) is 0 Å². The first-order valence-electron chi connectivity index (χ1n) is 4.66. The normalized spacial score (nSPS) is 19.4. The van der Waals surface area contributed by atoms with Crippen molar-refractivity contribution in [2.45, 2.75) is 43.8 Å². The van der Waals surface area contributed by atoms with Crippen molar-refractivity contribution >= 4 is 24.4 Å². The van der Waals surface area contributed by atoms with Crippen LogP contribution in [-0.4, -0.2) is 16.8 Å². The molecule has 0 aromatic carbocycles. The highest BCUT2D eigenvalue weighted by molar-refractivity contribution is 7.99. The van der Waals surface area contributed by atoms with E-state index in [1.165, 1.54) is 44.3 Å². The van der Waals surface area contributed by atoms with Gasteiger partial charge in [0.2, 0.25) is 0 Å². The van der Waals surface area contributed by atoms with E-state index in [1.807, 2.05) is 0 Å². The maximum Gasteiger partial charge on any atom is 0.00470 e. The lowest BCUT2D eigenvalue weighted by Crippen LogP contribution is -1.95. The number of thioether (sulfide) groups is 1. The number of hydrogen-bond donors (Lipinski definition) is 1. The number of thiol groups is 1. The molecule has 0 spiro atoms. The van der Waals surface area contributed by atoms with Gasteiger partial charge in [-0.2, -0.15) is 24.4 Å². The predicted molar refractivity (Wildman–Crippen MR) is 57.8 cm³/mol. The average Bonchev–Trinajstić information content (AvgIpc) is 2.50. The summed E-state index contributed by atoms with van der Waals surface area (Å²) in [5.41, 5.74) is 0. The molecule has 0 aromatic rings. The summed E-state index contributed by atoms with van der Waals surface area (Å²) in [4.78, 5) is 0. The third kappa shape index (κ3) is 4.32. The van der Waals surface area contributed by atoms with Gasteiger partial charge in [-0.3, -0.25) is 0 Å². The minimum Gasteiger partial charge on any atom is -0.179 e. The Morgan fingerprint density at radius 2 is 1.91 bits per heavy atom. The Balaban J connectivity index is 1.86. The Hall–Kier alpha value is 0.700. The molecular formula is C9H18S2. The second-order valence-electron chi connectivity index (χ2n) is 3.21. The third-order valence-corrected chi connectivity index (χ3v) is 3.99. The molecule has 1 aliphatic rings. The van der Waals surface area contributed by atoms with Gasteiger partial charge < -0.3 is 0 Å². The van der Waals surface area contributed by atoms with Gasteiger partial charge in [0.1, 0.15) is 0 Å². The molecule has 1 saturated carbocycles. The van der Waals surface area contributed by atoms with E-state index in [0.717, 1.165) is 11.0 Å². The van der Waals surface area contributed by atoms with Crippen molar-refractivity contribution in [3.8, 4) is 0 Å². The second kappa shape index (κ2) is 6.24. The molecule has 11 heavy (non-hydrogen) atoms. The maximum atomic E-state index is 4.19.